The van der Waals surface area contributed by atoms with Crippen LogP contribution in [0.1, 0.15) is 0 Å². The van der Waals surface area contributed by atoms with Crippen molar-refractivity contribution in [3.8, 4) is 6.01 Å². The Labute approximate surface area is 82.3 Å². The van der Waals surface area contributed by atoms with Crippen LogP contribution in [-0.4, -0.2) is 48.2 Å². The van der Waals surface area contributed by atoms with E-state index in [0.29, 0.717) is 12.0 Å². The number of hydrogen-bond acceptors (Lipinski definition) is 6. The molecule has 1 aromatic heterocycles. The van der Waals surface area contributed by atoms with Gasteiger partial charge < -0.3 is 15.0 Å². The van der Waals surface area contributed by atoms with Crippen LogP contribution in [-0.2, 0) is 0 Å². The molecule has 1 saturated heterocycles. The maximum atomic E-state index is 4.94. The van der Waals surface area contributed by atoms with Gasteiger partial charge in [0.05, 0.1) is 7.11 Å². The number of rotatable bonds is 2. The van der Waals surface area contributed by atoms with Crippen LogP contribution in [0.15, 0.2) is 6.33 Å². The predicted octanol–water partition coefficient (Wildman–Crippen LogP) is -0.710. The van der Waals surface area contributed by atoms with Crippen molar-refractivity contribution in [3.63, 3.8) is 0 Å². The van der Waals surface area contributed by atoms with Gasteiger partial charge in [0.15, 0.2) is 0 Å². The molecule has 0 bridgehead atoms. The summed E-state index contributed by atoms with van der Waals surface area (Å²) in [7, 11) is 1.55. The molecule has 0 aromatic carbocycles. The fraction of sp³-hybridized carbons (Fsp3) is 0.625. The highest BCUT2D eigenvalue weighted by Crippen LogP contribution is 2.09. The zero-order valence-electron chi connectivity index (χ0n) is 8.10. The Morgan fingerprint density at radius 2 is 2.14 bits per heavy atom. The van der Waals surface area contributed by atoms with Crippen LogP contribution in [0.4, 0.5) is 5.95 Å². The monoisotopic (exact) mass is 195 g/mol. The van der Waals surface area contributed by atoms with Crippen molar-refractivity contribution in [1.82, 2.24) is 20.3 Å². The lowest BCUT2D eigenvalue weighted by Crippen LogP contribution is -2.44. The number of nitrogens with zero attached hydrogens (tertiary/aromatic N) is 4. The highest BCUT2D eigenvalue weighted by molar-refractivity contribution is 5.30. The van der Waals surface area contributed by atoms with E-state index in [4.69, 9.17) is 4.74 Å². The van der Waals surface area contributed by atoms with E-state index in [-0.39, 0.29) is 0 Å². The van der Waals surface area contributed by atoms with Gasteiger partial charge in [0, 0.05) is 26.2 Å². The fourth-order valence-corrected chi connectivity index (χ4v) is 1.39. The highest BCUT2D eigenvalue weighted by Gasteiger charge is 2.13. The molecule has 6 nitrogen and oxygen atoms in total. The molecular formula is C8H13N5O. The van der Waals surface area contributed by atoms with Crippen LogP contribution in [0.5, 0.6) is 6.01 Å². The summed E-state index contributed by atoms with van der Waals surface area (Å²) in [4.78, 5) is 14.3. The Morgan fingerprint density at radius 1 is 1.36 bits per heavy atom. The van der Waals surface area contributed by atoms with Crippen LogP contribution < -0.4 is 15.0 Å². The maximum absolute atomic E-state index is 4.94. The summed E-state index contributed by atoms with van der Waals surface area (Å²) < 4.78 is 4.94. The van der Waals surface area contributed by atoms with Gasteiger partial charge in [-0.2, -0.15) is 9.97 Å². The van der Waals surface area contributed by atoms with E-state index < -0.39 is 0 Å². The lowest BCUT2D eigenvalue weighted by Gasteiger charge is -2.26. The third-order valence-electron chi connectivity index (χ3n) is 2.12. The van der Waals surface area contributed by atoms with Gasteiger partial charge in [-0.1, -0.05) is 0 Å². The second kappa shape index (κ2) is 4.19. The van der Waals surface area contributed by atoms with E-state index >= 15 is 0 Å². The Bertz CT molecular complexity index is 300. The highest BCUT2D eigenvalue weighted by atomic mass is 16.5. The first-order chi connectivity index (χ1) is 6.90. The number of aromatic nitrogens is 3. The summed E-state index contributed by atoms with van der Waals surface area (Å²) in [6.45, 7) is 3.78. The average Bonchev–Trinajstić information content (AvgIpc) is 2.30. The molecule has 14 heavy (non-hydrogen) atoms. The lowest BCUT2D eigenvalue weighted by molar-refractivity contribution is 0.377. The second-order valence-corrected chi connectivity index (χ2v) is 3.01. The summed E-state index contributed by atoms with van der Waals surface area (Å²) in [5.41, 5.74) is 0. The molecule has 1 aliphatic heterocycles. The number of piperazine rings is 1. The summed E-state index contributed by atoms with van der Waals surface area (Å²) in [5, 5.41) is 3.27. The molecule has 0 atom stereocenters. The first-order valence-electron chi connectivity index (χ1n) is 4.59. The number of nitrogens with one attached hydrogen (secondary N) is 1. The van der Waals surface area contributed by atoms with Gasteiger partial charge in [0.25, 0.3) is 0 Å². The van der Waals surface area contributed by atoms with Crippen LogP contribution in [0, 0.1) is 0 Å². The number of anilines is 1. The summed E-state index contributed by atoms with van der Waals surface area (Å²) in [5.74, 6) is 0.693. The molecule has 0 radical (unpaired) electrons. The molecule has 0 amide bonds. The molecule has 1 aromatic rings. The van der Waals surface area contributed by atoms with Crippen molar-refractivity contribution in [2.24, 2.45) is 0 Å². The van der Waals surface area contributed by atoms with Gasteiger partial charge in [-0.25, -0.2) is 4.98 Å². The molecule has 0 saturated carbocycles. The molecule has 1 aliphatic rings. The lowest BCUT2D eigenvalue weighted by atomic mass is 10.4. The van der Waals surface area contributed by atoms with Crippen molar-refractivity contribution < 1.29 is 4.74 Å². The van der Waals surface area contributed by atoms with Crippen LogP contribution >= 0.6 is 0 Å². The maximum Gasteiger partial charge on any atom is 0.320 e. The molecule has 0 aliphatic carbocycles. The summed E-state index contributed by atoms with van der Waals surface area (Å²) >= 11 is 0. The fourth-order valence-electron chi connectivity index (χ4n) is 1.39. The van der Waals surface area contributed by atoms with Gasteiger partial charge in [-0.3, -0.25) is 0 Å². The minimum absolute atomic E-state index is 0.369. The SMILES string of the molecule is COc1ncnc(N2CCNCC2)n1. The molecule has 2 rings (SSSR count). The Morgan fingerprint density at radius 3 is 2.86 bits per heavy atom. The summed E-state index contributed by atoms with van der Waals surface area (Å²) in [6, 6.07) is 0.369. The Kier molecular flexibility index (Phi) is 2.73. The van der Waals surface area contributed by atoms with Crippen molar-refractivity contribution >= 4 is 5.95 Å². The first kappa shape index (κ1) is 9.14. The average molecular weight is 195 g/mol. The minimum atomic E-state index is 0.369. The smallest absolute Gasteiger partial charge is 0.320 e. The standard InChI is InChI=1S/C8H13N5O/c1-14-8-11-6-10-7(12-8)13-4-2-9-3-5-13/h6,9H,2-5H2,1H3. The van der Waals surface area contributed by atoms with E-state index in [1.54, 1.807) is 7.11 Å². The molecule has 1 N–H and O–H groups in total. The topological polar surface area (TPSA) is 63.2 Å². The zero-order valence-corrected chi connectivity index (χ0v) is 8.10. The van der Waals surface area contributed by atoms with Crippen LogP contribution in [0.25, 0.3) is 0 Å². The third-order valence-corrected chi connectivity index (χ3v) is 2.12. The molecule has 6 heteroatoms. The van der Waals surface area contributed by atoms with E-state index in [1.807, 2.05) is 0 Å². The second-order valence-electron chi connectivity index (χ2n) is 3.01. The molecule has 0 spiro atoms. The van der Waals surface area contributed by atoms with Crippen molar-refractivity contribution in [3.05, 3.63) is 6.33 Å². The number of ether oxygens (including phenoxy) is 1. The van der Waals surface area contributed by atoms with Crippen LogP contribution in [0.3, 0.4) is 0 Å². The quantitative estimate of drug-likeness (QED) is 0.672. The van der Waals surface area contributed by atoms with Crippen molar-refractivity contribution in [1.29, 1.82) is 0 Å². The van der Waals surface area contributed by atoms with E-state index in [1.165, 1.54) is 6.33 Å². The minimum Gasteiger partial charge on any atom is -0.467 e. The van der Waals surface area contributed by atoms with Gasteiger partial charge in [0.1, 0.15) is 6.33 Å². The van der Waals surface area contributed by atoms with Crippen LogP contribution in [0.2, 0.25) is 0 Å². The normalized spacial score (nSPS) is 16.8. The van der Waals surface area contributed by atoms with Crippen molar-refractivity contribution in [2.75, 3.05) is 38.2 Å². The number of methoxy groups -OCH3 is 1. The van der Waals surface area contributed by atoms with E-state index in [2.05, 4.69) is 25.2 Å². The Hall–Kier alpha value is -1.43. The van der Waals surface area contributed by atoms with E-state index in [0.717, 1.165) is 26.2 Å². The molecule has 2 heterocycles. The van der Waals surface area contributed by atoms with Gasteiger partial charge in [-0.15, -0.1) is 0 Å². The molecular weight excluding hydrogens is 182 g/mol. The first-order valence-corrected chi connectivity index (χ1v) is 4.59. The van der Waals surface area contributed by atoms with Gasteiger partial charge in [-0.05, 0) is 0 Å². The third kappa shape index (κ3) is 1.90. The predicted molar refractivity (Wildman–Crippen MR) is 51.5 cm³/mol. The summed E-state index contributed by atoms with van der Waals surface area (Å²) in [6.07, 6.45) is 1.48. The number of hydrogen-bond donors (Lipinski definition) is 1. The van der Waals surface area contributed by atoms with Crippen molar-refractivity contribution in [2.45, 2.75) is 0 Å². The Balaban J connectivity index is 2.13. The van der Waals surface area contributed by atoms with Gasteiger partial charge >= 0.3 is 6.01 Å². The molecule has 0 unspecified atom stereocenters. The van der Waals surface area contributed by atoms with Gasteiger partial charge in [0.2, 0.25) is 5.95 Å². The largest absolute Gasteiger partial charge is 0.467 e. The zero-order chi connectivity index (χ0) is 9.80. The molecule has 1 fully saturated rings. The molecule has 76 valence electrons. The van der Waals surface area contributed by atoms with E-state index in [9.17, 15) is 0 Å².